The molecule has 1 aromatic carbocycles. The fraction of sp³-hybridized carbons (Fsp3) is 0.500. The average molecular weight is 705 g/mol. The zero-order valence-corrected chi connectivity index (χ0v) is 26.1. The van der Waals surface area contributed by atoms with Crippen molar-refractivity contribution >= 4 is 34.2 Å². The minimum absolute atomic E-state index is 0.0462. The fourth-order valence-corrected chi connectivity index (χ4v) is 6.69. The number of hydrogen-bond acceptors (Lipinski definition) is 9. The lowest BCUT2D eigenvalue weighted by molar-refractivity contribution is -0.177. The second kappa shape index (κ2) is 14.6. The third-order valence-corrected chi connectivity index (χ3v) is 9.09. The van der Waals surface area contributed by atoms with Crippen LogP contribution in [-0.2, 0) is 17.5 Å². The number of benzene rings is 1. The minimum atomic E-state index is -4.87. The Hall–Kier alpha value is -4.06. The first-order valence-electron chi connectivity index (χ1n) is 15.1. The number of thiazole rings is 1. The van der Waals surface area contributed by atoms with Gasteiger partial charge in [-0.15, -0.1) is 0 Å². The molecular formula is C30H31F7N6O4S. The van der Waals surface area contributed by atoms with Gasteiger partial charge in [-0.3, -0.25) is 24.2 Å². The van der Waals surface area contributed by atoms with Gasteiger partial charge >= 0.3 is 18.3 Å². The summed E-state index contributed by atoms with van der Waals surface area (Å²) < 4.78 is 101. The fourth-order valence-electron chi connectivity index (χ4n) is 5.69. The quantitative estimate of drug-likeness (QED) is 0.172. The van der Waals surface area contributed by atoms with Crippen LogP contribution in [0.2, 0.25) is 0 Å². The summed E-state index contributed by atoms with van der Waals surface area (Å²) in [7, 11) is 0. The SMILES string of the molecule is O=C(Nc1nc(-c2ccc(OCCCF)c(C(F)(F)F)c2)c(CN2CCC[C@H]2C(F)(F)F)s1)c1cnc(N2CCC(C(=O)O)CC2)cn1. The van der Waals surface area contributed by atoms with Crippen LogP contribution >= 0.6 is 11.3 Å². The van der Waals surface area contributed by atoms with Crippen molar-refractivity contribution in [3.63, 3.8) is 0 Å². The van der Waals surface area contributed by atoms with E-state index in [2.05, 4.69) is 20.3 Å². The van der Waals surface area contributed by atoms with Crippen LogP contribution in [0.25, 0.3) is 11.3 Å². The molecule has 0 saturated carbocycles. The molecule has 0 spiro atoms. The molecule has 0 aliphatic carbocycles. The number of aromatic nitrogens is 3. The van der Waals surface area contributed by atoms with Crippen molar-refractivity contribution in [1.82, 2.24) is 19.9 Å². The smallest absolute Gasteiger partial charge is 0.419 e. The number of halogens is 7. The zero-order chi connectivity index (χ0) is 34.6. The van der Waals surface area contributed by atoms with Crippen molar-refractivity contribution < 1.29 is 50.2 Å². The molecule has 0 bridgehead atoms. The topological polar surface area (TPSA) is 121 Å². The summed E-state index contributed by atoms with van der Waals surface area (Å²) in [6, 6.07) is 1.35. The van der Waals surface area contributed by atoms with Gasteiger partial charge in [-0.1, -0.05) is 11.3 Å². The van der Waals surface area contributed by atoms with E-state index in [0.717, 1.165) is 23.5 Å². The molecule has 3 aromatic rings. The Labute approximate surface area is 273 Å². The molecule has 2 aromatic heterocycles. The number of hydrogen-bond donors (Lipinski definition) is 2. The number of carbonyl (C=O) groups excluding carboxylic acids is 1. The normalized spacial score (nSPS) is 17.9. The van der Waals surface area contributed by atoms with E-state index in [-0.39, 0.29) is 65.9 Å². The molecule has 18 heteroatoms. The van der Waals surface area contributed by atoms with Gasteiger partial charge in [0.25, 0.3) is 5.91 Å². The number of nitrogens with zero attached hydrogens (tertiary/aromatic N) is 5. The van der Waals surface area contributed by atoms with Crippen LogP contribution in [0.4, 0.5) is 41.7 Å². The highest BCUT2D eigenvalue weighted by molar-refractivity contribution is 7.16. The number of piperidine rings is 1. The molecule has 5 rings (SSSR count). The van der Waals surface area contributed by atoms with Crippen LogP contribution in [0.1, 0.15) is 53.0 Å². The van der Waals surface area contributed by atoms with Gasteiger partial charge in [0, 0.05) is 36.5 Å². The average Bonchev–Trinajstić information content (AvgIpc) is 3.68. The Balaban J connectivity index is 1.40. The lowest BCUT2D eigenvalue weighted by atomic mass is 9.97. The number of alkyl halides is 7. The number of likely N-dealkylation sites (tertiary alicyclic amines) is 1. The van der Waals surface area contributed by atoms with E-state index < -0.39 is 54.2 Å². The van der Waals surface area contributed by atoms with Gasteiger partial charge in [-0.2, -0.15) is 26.3 Å². The third-order valence-electron chi connectivity index (χ3n) is 8.14. The summed E-state index contributed by atoms with van der Waals surface area (Å²) in [5, 5.41) is 11.6. The van der Waals surface area contributed by atoms with Gasteiger partial charge in [-0.05, 0) is 50.4 Å². The number of rotatable bonds is 11. The van der Waals surface area contributed by atoms with Crippen molar-refractivity contribution in [2.24, 2.45) is 5.92 Å². The first kappa shape index (κ1) is 35.3. The molecule has 2 saturated heterocycles. The highest BCUT2D eigenvalue weighted by Gasteiger charge is 2.46. The number of carbonyl (C=O) groups is 2. The summed E-state index contributed by atoms with van der Waals surface area (Å²) in [6.07, 6.45) is -5.95. The Morgan fingerprint density at radius 2 is 1.79 bits per heavy atom. The lowest BCUT2D eigenvalue weighted by Crippen LogP contribution is -2.40. The van der Waals surface area contributed by atoms with E-state index in [1.54, 1.807) is 0 Å². The van der Waals surface area contributed by atoms with Crippen molar-refractivity contribution in [2.75, 3.05) is 43.1 Å². The molecule has 48 heavy (non-hydrogen) atoms. The number of carboxylic acids is 1. The number of aliphatic carboxylic acids is 1. The Morgan fingerprint density at radius 3 is 2.42 bits per heavy atom. The van der Waals surface area contributed by atoms with E-state index in [9.17, 15) is 45.4 Å². The predicted molar refractivity (Wildman–Crippen MR) is 161 cm³/mol. The second-order valence-electron chi connectivity index (χ2n) is 11.4. The van der Waals surface area contributed by atoms with E-state index >= 15 is 0 Å². The monoisotopic (exact) mass is 704 g/mol. The highest BCUT2D eigenvalue weighted by atomic mass is 32.1. The van der Waals surface area contributed by atoms with Crippen molar-refractivity contribution in [3.8, 4) is 17.0 Å². The molecule has 1 atom stereocenters. The summed E-state index contributed by atoms with van der Waals surface area (Å²) in [6.45, 7) is -0.374. The summed E-state index contributed by atoms with van der Waals surface area (Å²) in [5.41, 5.74) is -1.40. The summed E-state index contributed by atoms with van der Waals surface area (Å²) in [5.74, 6) is -2.16. The minimum Gasteiger partial charge on any atom is -0.493 e. The molecule has 2 fully saturated rings. The number of ether oxygens (including phenoxy) is 1. The molecule has 2 N–H and O–H groups in total. The van der Waals surface area contributed by atoms with Gasteiger partial charge in [0.15, 0.2) is 5.13 Å². The van der Waals surface area contributed by atoms with E-state index in [1.807, 2.05) is 4.90 Å². The van der Waals surface area contributed by atoms with Crippen LogP contribution in [0.3, 0.4) is 0 Å². The van der Waals surface area contributed by atoms with Crippen molar-refractivity contribution in [1.29, 1.82) is 0 Å². The van der Waals surface area contributed by atoms with E-state index in [1.165, 1.54) is 23.4 Å². The molecule has 4 heterocycles. The third kappa shape index (κ3) is 8.32. The maximum absolute atomic E-state index is 14.0. The van der Waals surface area contributed by atoms with E-state index in [4.69, 9.17) is 4.74 Å². The Kier molecular flexibility index (Phi) is 10.7. The number of anilines is 2. The molecule has 0 radical (unpaired) electrons. The van der Waals surface area contributed by atoms with Gasteiger partial charge in [0.2, 0.25) is 0 Å². The first-order valence-corrected chi connectivity index (χ1v) is 15.9. The molecule has 10 nitrogen and oxygen atoms in total. The van der Waals surface area contributed by atoms with Crippen molar-refractivity contribution in [3.05, 3.63) is 46.7 Å². The summed E-state index contributed by atoms with van der Waals surface area (Å²) in [4.78, 5) is 40.3. The van der Waals surface area contributed by atoms with Gasteiger partial charge in [0.1, 0.15) is 23.3 Å². The zero-order valence-electron chi connectivity index (χ0n) is 25.3. The van der Waals surface area contributed by atoms with Crippen LogP contribution in [0.5, 0.6) is 5.75 Å². The first-order chi connectivity index (χ1) is 22.7. The number of amides is 1. The Morgan fingerprint density at radius 1 is 1.04 bits per heavy atom. The second-order valence-corrected chi connectivity index (χ2v) is 12.5. The Bertz CT molecular complexity index is 1590. The number of carboxylic acid groups (broad SMARTS) is 1. The molecular weight excluding hydrogens is 673 g/mol. The standard InChI is InChI=1S/C30H31F7N6O4S/c31-8-2-12-47-21-5-4-18(13-19(21)29(32,33)34)25-22(16-43-9-1-3-23(43)30(35,36)37)48-28(40-25)41-26(44)20-14-39-24(15-38-20)42-10-6-17(7-11-42)27(45)46/h4-5,13-15,17,23H,1-3,6-12,16H2,(H,45,46)(H,40,41,44)/t23-/m0/s1. The summed E-state index contributed by atoms with van der Waals surface area (Å²) >= 11 is 0.829. The highest BCUT2D eigenvalue weighted by Crippen LogP contribution is 2.42. The largest absolute Gasteiger partial charge is 0.493 e. The maximum atomic E-state index is 14.0. The van der Waals surface area contributed by atoms with Gasteiger partial charge in [0.05, 0.1) is 42.9 Å². The van der Waals surface area contributed by atoms with Crippen LogP contribution < -0.4 is 15.0 Å². The maximum Gasteiger partial charge on any atom is 0.419 e. The van der Waals surface area contributed by atoms with Crippen LogP contribution in [0, 0.1) is 5.92 Å². The molecule has 2 aliphatic heterocycles. The predicted octanol–water partition coefficient (Wildman–Crippen LogP) is 6.44. The molecule has 1 amide bonds. The van der Waals surface area contributed by atoms with Gasteiger partial charge < -0.3 is 14.7 Å². The van der Waals surface area contributed by atoms with E-state index in [0.29, 0.717) is 31.7 Å². The molecule has 0 unspecified atom stereocenters. The number of nitrogens with one attached hydrogen (secondary N) is 1. The lowest BCUT2D eigenvalue weighted by Gasteiger charge is -2.30. The van der Waals surface area contributed by atoms with Crippen molar-refractivity contribution in [2.45, 2.75) is 57.0 Å². The molecule has 2 aliphatic rings. The molecule has 260 valence electrons. The van der Waals surface area contributed by atoms with Crippen LogP contribution in [0.15, 0.2) is 30.6 Å². The van der Waals surface area contributed by atoms with Gasteiger partial charge in [-0.25, -0.2) is 15.0 Å². The van der Waals surface area contributed by atoms with Crippen LogP contribution in [-0.4, -0.2) is 82.0 Å².